The molecule has 2 atom stereocenters. The van der Waals surface area contributed by atoms with Gasteiger partial charge in [0.25, 0.3) is 0 Å². The van der Waals surface area contributed by atoms with Crippen LogP contribution in [0.15, 0.2) is 0 Å². The Morgan fingerprint density at radius 3 is 2.38 bits per heavy atom. The summed E-state index contributed by atoms with van der Waals surface area (Å²) in [6.45, 7) is 1.68. The molecule has 0 amide bonds. The zero-order chi connectivity index (χ0) is 9.64. The molecular formula is C10H17NO2. The second-order valence-electron chi connectivity index (χ2n) is 4.62. The Morgan fingerprint density at radius 1 is 1.46 bits per heavy atom. The van der Waals surface area contributed by atoms with Gasteiger partial charge in [0.2, 0.25) is 0 Å². The third-order valence-electron chi connectivity index (χ3n) is 3.38. The van der Waals surface area contributed by atoms with E-state index in [0.29, 0.717) is 18.6 Å². The summed E-state index contributed by atoms with van der Waals surface area (Å²) in [4.78, 5) is 13.4. The normalized spacial score (nSPS) is 42.2. The molecule has 1 saturated heterocycles. The van der Waals surface area contributed by atoms with Gasteiger partial charge in [-0.25, -0.2) is 0 Å². The van der Waals surface area contributed by atoms with Crippen LogP contribution in [0.5, 0.6) is 0 Å². The van der Waals surface area contributed by atoms with Gasteiger partial charge in [-0.15, -0.1) is 0 Å². The summed E-state index contributed by atoms with van der Waals surface area (Å²) in [5, 5.41) is 0. The Labute approximate surface area is 79.0 Å². The van der Waals surface area contributed by atoms with Crippen LogP contribution in [-0.4, -0.2) is 42.5 Å². The topological polar surface area (TPSA) is 32.8 Å². The molecule has 2 unspecified atom stereocenters. The lowest BCUT2D eigenvalue weighted by molar-refractivity contribution is -0.119. The average molecular weight is 183 g/mol. The van der Waals surface area contributed by atoms with Gasteiger partial charge in [-0.3, -0.25) is 4.79 Å². The van der Waals surface area contributed by atoms with Crippen molar-refractivity contribution in [2.45, 2.75) is 43.9 Å². The molecule has 0 radical (unpaired) electrons. The van der Waals surface area contributed by atoms with Crippen molar-refractivity contribution >= 4 is 5.78 Å². The van der Waals surface area contributed by atoms with Gasteiger partial charge < -0.3 is 9.64 Å². The second-order valence-corrected chi connectivity index (χ2v) is 4.62. The average Bonchev–Trinajstić information content (AvgIpc) is 2.58. The molecular weight excluding hydrogens is 166 g/mol. The molecule has 0 N–H and O–H groups in total. The Hall–Kier alpha value is -0.410. The summed E-state index contributed by atoms with van der Waals surface area (Å²) in [6, 6.07) is 0. The fourth-order valence-corrected chi connectivity index (χ4v) is 2.50. The fraction of sp³-hybridized carbons (Fsp3) is 0.900. The minimum Gasteiger partial charge on any atom is -0.369 e. The van der Waals surface area contributed by atoms with E-state index in [-0.39, 0.29) is 11.3 Å². The van der Waals surface area contributed by atoms with Crippen molar-refractivity contribution in [1.82, 2.24) is 4.90 Å². The van der Waals surface area contributed by atoms with Crippen molar-refractivity contribution in [2.75, 3.05) is 14.1 Å². The van der Waals surface area contributed by atoms with Crippen molar-refractivity contribution in [3.63, 3.8) is 0 Å². The first kappa shape index (κ1) is 9.16. The first-order valence-corrected chi connectivity index (χ1v) is 4.86. The van der Waals surface area contributed by atoms with Gasteiger partial charge in [0.15, 0.2) is 0 Å². The van der Waals surface area contributed by atoms with E-state index in [4.69, 9.17) is 4.74 Å². The Balaban J connectivity index is 2.08. The molecule has 0 aromatic heterocycles. The SMILES string of the molecule is CC(=O)CC1(N(C)C)CC2OC2C1. The van der Waals surface area contributed by atoms with Crippen LogP contribution in [-0.2, 0) is 9.53 Å². The van der Waals surface area contributed by atoms with Gasteiger partial charge in [-0.05, 0) is 33.9 Å². The van der Waals surface area contributed by atoms with E-state index in [9.17, 15) is 4.79 Å². The molecule has 0 bridgehead atoms. The van der Waals surface area contributed by atoms with Crippen molar-refractivity contribution in [2.24, 2.45) is 0 Å². The minimum atomic E-state index is 0.0966. The number of hydrogen-bond donors (Lipinski definition) is 0. The lowest BCUT2D eigenvalue weighted by atomic mass is 9.89. The van der Waals surface area contributed by atoms with Crippen LogP contribution >= 0.6 is 0 Å². The summed E-state index contributed by atoms with van der Waals surface area (Å²) in [5.74, 6) is 0.287. The van der Waals surface area contributed by atoms with E-state index in [2.05, 4.69) is 19.0 Å². The molecule has 3 heteroatoms. The van der Waals surface area contributed by atoms with Crippen molar-refractivity contribution < 1.29 is 9.53 Å². The van der Waals surface area contributed by atoms with Crippen LogP contribution in [0.3, 0.4) is 0 Å². The third-order valence-corrected chi connectivity index (χ3v) is 3.38. The molecule has 74 valence electrons. The van der Waals surface area contributed by atoms with Gasteiger partial charge >= 0.3 is 0 Å². The Kier molecular flexibility index (Phi) is 1.96. The first-order valence-electron chi connectivity index (χ1n) is 4.86. The largest absolute Gasteiger partial charge is 0.369 e. The molecule has 0 aromatic carbocycles. The maximum absolute atomic E-state index is 11.2. The number of fused-ring (bicyclic) bond motifs is 1. The number of Topliss-reactive ketones (excluding diaryl/α,β-unsaturated/α-hetero) is 1. The van der Waals surface area contributed by atoms with Crippen LogP contribution in [0.25, 0.3) is 0 Å². The van der Waals surface area contributed by atoms with Crippen LogP contribution in [0.4, 0.5) is 0 Å². The molecule has 2 fully saturated rings. The molecule has 2 rings (SSSR count). The standard InChI is InChI=1S/C10H17NO2/c1-7(12)4-10(11(2)3)5-8-9(6-10)13-8/h8-9H,4-6H2,1-3H3. The van der Waals surface area contributed by atoms with Gasteiger partial charge in [-0.2, -0.15) is 0 Å². The number of nitrogens with zero attached hydrogens (tertiary/aromatic N) is 1. The number of hydrogen-bond acceptors (Lipinski definition) is 3. The predicted octanol–water partition coefficient (Wildman–Crippen LogP) is 0.827. The first-order chi connectivity index (χ1) is 6.03. The highest BCUT2D eigenvalue weighted by molar-refractivity contribution is 5.77. The van der Waals surface area contributed by atoms with E-state index in [1.807, 2.05) is 0 Å². The molecule has 1 saturated carbocycles. The number of epoxide rings is 1. The quantitative estimate of drug-likeness (QED) is 0.607. The lowest BCUT2D eigenvalue weighted by Crippen LogP contribution is -2.45. The van der Waals surface area contributed by atoms with Gasteiger partial charge in [0.05, 0.1) is 12.2 Å². The monoisotopic (exact) mass is 183 g/mol. The molecule has 0 spiro atoms. The second kappa shape index (κ2) is 2.79. The van der Waals surface area contributed by atoms with E-state index in [1.54, 1.807) is 6.92 Å². The molecule has 3 nitrogen and oxygen atoms in total. The molecule has 0 aromatic rings. The zero-order valence-corrected chi connectivity index (χ0v) is 8.54. The molecule has 1 aliphatic heterocycles. The highest BCUT2D eigenvalue weighted by Gasteiger charge is 2.56. The van der Waals surface area contributed by atoms with Crippen LogP contribution in [0.2, 0.25) is 0 Å². The summed E-state index contributed by atoms with van der Waals surface area (Å²) in [7, 11) is 4.13. The zero-order valence-electron chi connectivity index (χ0n) is 8.54. The number of carbonyl (C=O) groups excluding carboxylic acids is 1. The van der Waals surface area contributed by atoms with E-state index in [0.717, 1.165) is 12.8 Å². The van der Waals surface area contributed by atoms with E-state index in [1.165, 1.54) is 0 Å². The van der Waals surface area contributed by atoms with Gasteiger partial charge in [0, 0.05) is 12.0 Å². The molecule has 13 heavy (non-hydrogen) atoms. The van der Waals surface area contributed by atoms with Crippen LogP contribution in [0.1, 0.15) is 26.2 Å². The Bertz CT molecular complexity index is 227. The van der Waals surface area contributed by atoms with E-state index >= 15 is 0 Å². The summed E-state index contributed by atoms with van der Waals surface area (Å²) in [5.41, 5.74) is 0.0966. The lowest BCUT2D eigenvalue weighted by Gasteiger charge is -2.36. The smallest absolute Gasteiger partial charge is 0.131 e. The summed E-state index contributed by atoms with van der Waals surface area (Å²) in [6.07, 6.45) is 3.63. The minimum absolute atomic E-state index is 0.0966. The van der Waals surface area contributed by atoms with Crippen molar-refractivity contribution in [3.05, 3.63) is 0 Å². The molecule has 1 heterocycles. The maximum atomic E-state index is 11.2. The number of ketones is 1. The van der Waals surface area contributed by atoms with Crippen molar-refractivity contribution in [1.29, 1.82) is 0 Å². The third kappa shape index (κ3) is 1.51. The van der Waals surface area contributed by atoms with Crippen LogP contribution < -0.4 is 0 Å². The molecule has 1 aliphatic carbocycles. The number of rotatable bonds is 3. The predicted molar refractivity (Wildman–Crippen MR) is 49.6 cm³/mol. The van der Waals surface area contributed by atoms with Crippen LogP contribution in [0, 0.1) is 0 Å². The fourth-order valence-electron chi connectivity index (χ4n) is 2.50. The maximum Gasteiger partial charge on any atom is 0.131 e. The highest BCUT2D eigenvalue weighted by atomic mass is 16.6. The van der Waals surface area contributed by atoms with Gasteiger partial charge in [-0.1, -0.05) is 0 Å². The Morgan fingerprint density at radius 2 is 2.00 bits per heavy atom. The molecule has 2 aliphatic rings. The number of ether oxygens (including phenoxy) is 1. The summed E-state index contributed by atoms with van der Waals surface area (Å²) >= 11 is 0. The van der Waals surface area contributed by atoms with E-state index < -0.39 is 0 Å². The highest BCUT2D eigenvalue weighted by Crippen LogP contribution is 2.48. The summed E-state index contributed by atoms with van der Waals surface area (Å²) < 4.78 is 5.40. The number of carbonyl (C=O) groups is 1. The van der Waals surface area contributed by atoms with Crippen molar-refractivity contribution in [3.8, 4) is 0 Å². The van der Waals surface area contributed by atoms with Gasteiger partial charge in [0.1, 0.15) is 5.78 Å².